The lowest BCUT2D eigenvalue weighted by atomic mass is 9.57. The van der Waals surface area contributed by atoms with Crippen LogP contribution in [0.5, 0.6) is 5.75 Å². The summed E-state index contributed by atoms with van der Waals surface area (Å²) in [6.07, 6.45) is 1.22. The highest BCUT2D eigenvalue weighted by Gasteiger charge is 2.62. The van der Waals surface area contributed by atoms with Gasteiger partial charge >= 0.3 is 5.97 Å². The minimum atomic E-state index is -2.55. The molecule has 3 aliphatic rings. The summed E-state index contributed by atoms with van der Waals surface area (Å²) in [6, 6.07) is 2.79. The van der Waals surface area contributed by atoms with Crippen LogP contribution in [0.4, 0.5) is 0 Å². The Hall–Kier alpha value is -3.50. The number of phenolic OH excluding ortho intramolecular Hbond substituents is 1. The number of carbonyl (C=O) groups is 4. The van der Waals surface area contributed by atoms with Crippen LogP contribution in [0.25, 0.3) is 6.08 Å². The van der Waals surface area contributed by atoms with E-state index in [0.717, 1.165) is 0 Å². The molecule has 1 aromatic rings. The molecule has 6 N–H and O–H groups in total. The van der Waals surface area contributed by atoms with Gasteiger partial charge in [-0.25, -0.2) is 4.79 Å². The number of aliphatic hydroxyl groups is 3. The first-order valence-corrected chi connectivity index (χ1v) is 10.4. The van der Waals surface area contributed by atoms with Gasteiger partial charge in [0.1, 0.15) is 17.4 Å². The predicted molar refractivity (Wildman–Crippen MR) is 112 cm³/mol. The molecule has 33 heavy (non-hydrogen) atoms. The topological polar surface area (TPSA) is 184 Å². The second kappa shape index (κ2) is 7.82. The third kappa shape index (κ3) is 3.25. The number of phenols is 1. The molecule has 1 aromatic carbocycles. The highest BCUT2D eigenvalue weighted by molar-refractivity contribution is 6.15. The summed E-state index contributed by atoms with van der Waals surface area (Å²) in [6.45, 7) is 0. The van der Waals surface area contributed by atoms with Gasteiger partial charge in [0.15, 0.2) is 17.2 Å². The van der Waals surface area contributed by atoms with Crippen LogP contribution in [0.3, 0.4) is 0 Å². The van der Waals surface area contributed by atoms with Gasteiger partial charge < -0.3 is 30.9 Å². The average molecular weight is 457 g/mol. The molecule has 0 aliphatic heterocycles. The molecule has 1 saturated carbocycles. The van der Waals surface area contributed by atoms with Gasteiger partial charge in [0.05, 0.1) is 18.8 Å². The van der Waals surface area contributed by atoms with E-state index in [4.69, 9.17) is 5.73 Å². The largest absolute Gasteiger partial charge is 0.508 e. The Bertz CT molecular complexity index is 1150. The van der Waals surface area contributed by atoms with Crippen LogP contribution >= 0.6 is 0 Å². The number of ketones is 2. The third-order valence-corrected chi connectivity index (χ3v) is 6.91. The summed E-state index contributed by atoms with van der Waals surface area (Å²) < 4.78 is 4.58. The van der Waals surface area contributed by atoms with E-state index in [0.29, 0.717) is 11.1 Å². The number of esters is 1. The molecule has 3 aliphatic carbocycles. The highest BCUT2D eigenvalue weighted by atomic mass is 16.5. The number of nitrogens with two attached hydrogens (primary N) is 1. The number of rotatable bonds is 3. The van der Waals surface area contributed by atoms with Gasteiger partial charge in [-0.15, -0.1) is 0 Å². The number of Topliss-reactive ketones (excluding diaryl/α,β-unsaturated/α-hetero) is 2. The number of hydrogen-bond donors (Lipinski definition) is 5. The second-order valence-electron chi connectivity index (χ2n) is 8.62. The van der Waals surface area contributed by atoms with Crippen molar-refractivity contribution >= 4 is 29.5 Å². The molecule has 2 unspecified atom stereocenters. The van der Waals surface area contributed by atoms with Crippen molar-refractivity contribution in [3.63, 3.8) is 0 Å². The quantitative estimate of drug-likeness (QED) is 0.235. The van der Waals surface area contributed by atoms with Gasteiger partial charge in [-0.05, 0) is 48.4 Å². The number of amides is 1. The van der Waals surface area contributed by atoms with Gasteiger partial charge in [0.25, 0.3) is 0 Å². The van der Waals surface area contributed by atoms with E-state index in [1.54, 1.807) is 0 Å². The summed E-state index contributed by atoms with van der Waals surface area (Å²) in [5.41, 5.74) is 3.26. The van der Waals surface area contributed by atoms with E-state index < -0.39 is 58.7 Å². The number of hydrogen-bond acceptors (Lipinski definition) is 9. The molecule has 0 aromatic heterocycles. The van der Waals surface area contributed by atoms with Crippen LogP contribution in [-0.2, 0) is 25.5 Å². The van der Waals surface area contributed by atoms with E-state index >= 15 is 0 Å². The van der Waals surface area contributed by atoms with Gasteiger partial charge in [-0.1, -0.05) is 6.07 Å². The Kier molecular flexibility index (Phi) is 5.38. The van der Waals surface area contributed by atoms with Crippen molar-refractivity contribution in [2.75, 3.05) is 7.11 Å². The second-order valence-corrected chi connectivity index (χ2v) is 8.62. The number of methoxy groups -OCH3 is 1. The Balaban J connectivity index is 1.85. The first-order valence-electron chi connectivity index (χ1n) is 10.4. The van der Waals surface area contributed by atoms with Gasteiger partial charge in [-0.3, -0.25) is 14.4 Å². The lowest BCUT2D eigenvalue weighted by molar-refractivity contribution is -0.167. The van der Waals surface area contributed by atoms with Crippen LogP contribution in [0.2, 0.25) is 0 Å². The molecule has 174 valence electrons. The third-order valence-electron chi connectivity index (χ3n) is 6.91. The average Bonchev–Trinajstić information content (AvgIpc) is 2.75. The molecular formula is C23H23NO9. The van der Waals surface area contributed by atoms with E-state index in [9.17, 15) is 39.6 Å². The van der Waals surface area contributed by atoms with Gasteiger partial charge in [-0.2, -0.15) is 0 Å². The minimum absolute atomic E-state index is 0.0607. The van der Waals surface area contributed by atoms with Crippen LogP contribution in [0.15, 0.2) is 29.5 Å². The molecule has 0 bridgehead atoms. The Morgan fingerprint density at radius 2 is 1.91 bits per heavy atom. The first kappa shape index (κ1) is 22.7. The molecule has 1 fully saturated rings. The van der Waals surface area contributed by atoms with Crippen LogP contribution < -0.4 is 5.73 Å². The molecule has 10 nitrogen and oxygen atoms in total. The van der Waals surface area contributed by atoms with Gasteiger partial charge in [0, 0.05) is 17.6 Å². The monoisotopic (exact) mass is 457 g/mol. The summed E-state index contributed by atoms with van der Waals surface area (Å²) in [5, 5.41) is 42.9. The fraction of sp³-hybridized carbons (Fsp3) is 0.391. The van der Waals surface area contributed by atoms with Crippen LogP contribution in [0, 0.1) is 17.8 Å². The molecule has 0 heterocycles. The zero-order valence-corrected chi connectivity index (χ0v) is 17.6. The number of allylic oxidation sites excluding steroid dienone is 1. The molecule has 0 saturated heterocycles. The summed E-state index contributed by atoms with van der Waals surface area (Å²) in [5.74, 6) is -8.22. The molecule has 0 radical (unpaired) electrons. The Morgan fingerprint density at radius 1 is 1.21 bits per heavy atom. The van der Waals surface area contributed by atoms with Crippen molar-refractivity contribution in [1.82, 2.24) is 0 Å². The van der Waals surface area contributed by atoms with Crippen molar-refractivity contribution in [2.45, 2.75) is 31.0 Å². The minimum Gasteiger partial charge on any atom is -0.508 e. The Morgan fingerprint density at radius 3 is 2.55 bits per heavy atom. The highest BCUT2D eigenvalue weighted by Crippen LogP contribution is 2.51. The number of benzene rings is 1. The van der Waals surface area contributed by atoms with Crippen LogP contribution in [0.1, 0.15) is 34.3 Å². The number of primary amides is 1. The van der Waals surface area contributed by atoms with Crippen molar-refractivity contribution in [2.24, 2.45) is 23.5 Å². The van der Waals surface area contributed by atoms with Crippen molar-refractivity contribution in [3.8, 4) is 5.75 Å². The number of aromatic hydroxyl groups is 1. The lowest BCUT2D eigenvalue weighted by Crippen LogP contribution is -2.63. The maximum Gasteiger partial charge on any atom is 0.330 e. The molecule has 0 spiro atoms. The molecule has 1 amide bonds. The smallest absolute Gasteiger partial charge is 0.330 e. The summed E-state index contributed by atoms with van der Waals surface area (Å²) in [4.78, 5) is 49.5. The van der Waals surface area contributed by atoms with Gasteiger partial charge in [0.2, 0.25) is 5.91 Å². The first-order chi connectivity index (χ1) is 15.5. The predicted octanol–water partition coefficient (Wildman–Crippen LogP) is -0.0683. The molecule has 5 atom stereocenters. The fourth-order valence-electron chi connectivity index (χ4n) is 5.33. The van der Waals surface area contributed by atoms with Crippen molar-refractivity contribution in [3.05, 3.63) is 46.2 Å². The number of ether oxygens (including phenoxy) is 1. The number of aliphatic hydroxyl groups excluding tert-OH is 2. The maximum atomic E-state index is 13.4. The molecule has 10 heteroatoms. The fourth-order valence-corrected chi connectivity index (χ4v) is 5.33. The van der Waals surface area contributed by atoms with Crippen LogP contribution in [-0.4, -0.2) is 62.7 Å². The summed E-state index contributed by atoms with van der Waals surface area (Å²) in [7, 11) is 1.22. The zero-order valence-electron chi connectivity index (χ0n) is 17.6. The van der Waals surface area contributed by atoms with E-state index in [1.165, 1.54) is 31.4 Å². The van der Waals surface area contributed by atoms with E-state index in [-0.39, 0.29) is 36.1 Å². The Labute approximate surface area is 188 Å². The standard InChI is InChI=1S/C23H23NO9/c1-33-15(27)5-3-9-2-4-13(25)17-12(9)7-10-6-11-8-14(26)18(22(24)31)21(30)23(11,32)20(29)16(10)19(17)28/h2-5,10-11,14,18,25-26,29,32H,6-8H2,1H3,(H2,24,31)/b5-3+/t10-,11+,14?,18?,23+/m1/s1. The molecule has 4 rings (SSSR count). The number of fused-ring (bicyclic) bond motifs is 3. The van der Waals surface area contributed by atoms with E-state index in [2.05, 4.69) is 4.74 Å². The number of carbonyl (C=O) groups excluding carboxylic acids is 4. The van der Waals surface area contributed by atoms with Crippen molar-refractivity contribution in [1.29, 1.82) is 0 Å². The zero-order chi connectivity index (χ0) is 24.2. The normalized spacial score (nSPS) is 31.1. The SMILES string of the molecule is COC(=O)/C=C/c1ccc(O)c2c1C[C@H]1C[C@H]3CC(O)C(C(N)=O)C(=O)[C@@]3(O)C(O)=C1C2=O. The lowest BCUT2D eigenvalue weighted by Gasteiger charge is -2.48. The van der Waals surface area contributed by atoms with E-state index in [1.807, 2.05) is 0 Å². The maximum absolute atomic E-state index is 13.4. The molecular weight excluding hydrogens is 434 g/mol. The van der Waals surface area contributed by atoms with Crippen molar-refractivity contribution < 1.29 is 44.3 Å². The summed E-state index contributed by atoms with van der Waals surface area (Å²) >= 11 is 0.